The first kappa shape index (κ1) is 25.2. The average molecular weight is 528 g/mol. The highest BCUT2D eigenvalue weighted by Gasteiger charge is 2.34. The Morgan fingerprint density at radius 3 is 2.60 bits per heavy atom. The number of hydrogen-bond acceptors (Lipinski definition) is 5. The molecule has 8 heteroatoms. The Morgan fingerprint density at radius 1 is 0.971 bits per heavy atom. The van der Waals surface area contributed by atoms with Gasteiger partial charge < -0.3 is 9.47 Å². The lowest BCUT2D eigenvalue weighted by molar-refractivity contribution is -0.123. The molecule has 0 atom stereocenters. The number of halogens is 2. The minimum atomic E-state index is -0.330. The Labute approximate surface area is 218 Å². The van der Waals surface area contributed by atoms with Crippen molar-refractivity contribution in [3.8, 4) is 11.5 Å². The standard InChI is InChI=1S/C27H23Cl2NO4S/c1-17-6-7-18(2)24(12-17)33-11-10-30-26(31)25(35-27(30)32)14-19-4-3-5-22(13-19)34-16-20-8-9-21(28)15-23(20)29/h3-9,12-15H,10-11,16H2,1-2H3/b25-14-. The summed E-state index contributed by atoms with van der Waals surface area (Å²) in [7, 11) is 0. The number of nitrogens with zero attached hydrogens (tertiary/aromatic N) is 1. The number of hydrogen-bond donors (Lipinski definition) is 0. The number of carbonyl (C=O) groups excluding carboxylic acids is 2. The number of carbonyl (C=O) groups is 2. The molecule has 1 saturated heterocycles. The summed E-state index contributed by atoms with van der Waals surface area (Å²) in [5.41, 5.74) is 3.65. The van der Waals surface area contributed by atoms with Gasteiger partial charge in [0.15, 0.2) is 0 Å². The number of imide groups is 1. The van der Waals surface area contributed by atoms with E-state index in [9.17, 15) is 9.59 Å². The summed E-state index contributed by atoms with van der Waals surface area (Å²) >= 11 is 13.1. The van der Waals surface area contributed by atoms with Crippen LogP contribution in [0.5, 0.6) is 11.5 Å². The van der Waals surface area contributed by atoms with E-state index in [1.807, 2.05) is 56.3 Å². The van der Waals surface area contributed by atoms with Gasteiger partial charge in [-0.05, 0) is 78.7 Å². The van der Waals surface area contributed by atoms with Gasteiger partial charge in [0.1, 0.15) is 24.7 Å². The van der Waals surface area contributed by atoms with Crippen LogP contribution in [0.2, 0.25) is 10.0 Å². The van der Waals surface area contributed by atoms with Gasteiger partial charge >= 0.3 is 0 Å². The quantitative estimate of drug-likeness (QED) is 0.287. The molecule has 180 valence electrons. The van der Waals surface area contributed by atoms with Crippen LogP contribution in [0.15, 0.2) is 65.6 Å². The summed E-state index contributed by atoms with van der Waals surface area (Å²) in [5.74, 6) is 1.04. The lowest BCUT2D eigenvalue weighted by atomic mass is 10.1. The first-order valence-corrected chi connectivity index (χ1v) is 12.5. The van der Waals surface area contributed by atoms with Gasteiger partial charge in [0, 0.05) is 15.6 Å². The van der Waals surface area contributed by atoms with Crippen LogP contribution < -0.4 is 9.47 Å². The predicted molar refractivity (Wildman–Crippen MR) is 141 cm³/mol. The van der Waals surface area contributed by atoms with Crippen LogP contribution in [0.1, 0.15) is 22.3 Å². The van der Waals surface area contributed by atoms with E-state index in [-0.39, 0.29) is 30.9 Å². The maximum atomic E-state index is 12.8. The highest BCUT2D eigenvalue weighted by molar-refractivity contribution is 8.18. The molecule has 1 fully saturated rings. The molecule has 35 heavy (non-hydrogen) atoms. The zero-order valence-corrected chi connectivity index (χ0v) is 21.5. The topological polar surface area (TPSA) is 55.8 Å². The van der Waals surface area contributed by atoms with Crippen LogP contribution in [0.25, 0.3) is 6.08 Å². The molecule has 0 saturated carbocycles. The summed E-state index contributed by atoms with van der Waals surface area (Å²) in [6.45, 7) is 4.63. The van der Waals surface area contributed by atoms with Gasteiger partial charge in [-0.15, -0.1) is 0 Å². The lowest BCUT2D eigenvalue weighted by Gasteiger charge is -2.14. The normalized spacial score (nSPS) is 14.6. The first-order chi connectivity index (χ1) is 16.8. The summed E-state index contributed by atoms with van der Waals surface area (Å²) in [4.78, 5) is 26.9. The van der Waals surface area contributed by atoms with Crippen molar-refractivity contribution in [2.45, 2.75) is 20.5 Å². The van der Waals surface area contributed by atoms with Crippen molar-refractivity contribution >= 4 is 52.2 Å². The van der Waals surface area contributed by atoms with Crippen molar-refractivity contribution in [2.24, 2.45) is 0 Å². The fourth-order valence-corrected chi connectivity index (χ4v) is 4.78. The maximum Gasteiger partial charge on any atom is 0.293 e. The average Bonchev–Trinajstić information content (AvgIpc) is 3.08. The Hall–Kier alpha value is -2.93. The van der Waals surface area contributed by atoms with Crippen LogP contribution in [0, 0.1) is 13.8 Å². The van der Waals surface area contributed by atoms with Crippen molar-refractivity contribution < 1.29 is 19.1 Å². The molecular weight excluding hydrogens is 505 g/mol. The van der Waals surface area contributed by atoms with E-state index in [2.05, 4.69) is 0 Å². The first-order valence-electron chi connectivity index (χ1n) is 10.9. The second-order valence-electron chi connectivity index (χ2n) is 8.05. The van der Waals surface area contributed by atoms with E-state index in [4.69, 9.17) is 32.7 Å². The molecule has 5 nitrogen and oxygen atoms in total. The smallest absolute Gasteiger partial charge is 0.293 e. The second kappa shape index (κ2) is 11.2. The molecule has 0 aromatic heterocycles. The van der Waals surface area contributed by atoms with Gasteiger partial charge in [0.2, 0.25) is 0 Å². The third-order valence-corrected chi connectivity index (χ3v) is 6.85. The molecule has 2 amide bonds. The van der Waals surface area contributed by atoms with E-state index in [1.54, 1.807) is 24.3 Å². The lowest BCUT2D eigenvalue weighted by Crippen LogP contribution is -2.32. The Kier molecular flexibility index (Phi) is 8.06. The van der Waals surface area contributed by atoms with Gasteiger partial charge in [0.25, 0.3) is 11.1 Å². The van der Waals surface area contributed by atoms with Crippen molar-refractivity contribution in [1.29, 1.82) is 0 Å². The van der Waals surface area contributed by atoms with E-state index in [0.717, 1.165) is 39.8 Å². The fourth-order valence-electron chi connectivity index (χ4n) is 3.45. The molecule has 1 aliphatic heterocycles. The van der Waals surface area contributed by atoms with Crippen LogP contribution >= 0.6 is 35.0 Å². The summed E-state index contributed by atoms with van der Waals surface area (Å²) in [6.07, 6.45) is 1.69. The van der Waals surface area contributed by atoms with Crippen molar-refractivity contribution in [3.63, 3.8) is 0 Å². The number of benzene rings is 3. The third-order valence-electron chi connectivity index (χ3n) is 5.36. The van der Waals surface area contributed by atoms with Crippen molar-refractivity contribution in [2.75, 3.05) is 13.2 Å². The molecular formula is C27H23Cl2NO4S. The highest BCUT2D eigenvalue weighted by Crippen LogP contribution is 2.33. The van der Waals surface area contributed by atoms with E-state index < -0.39 is 0 Å². The number of ether oxygens (including phenoxy) is 2. The monoisotopic (exact) mass is 527 g/mol. The van der Waals surface area contributed by atoms with Gasteiger partial charge in [-0.1, -0.05) is 53.5 Å². The number of amides is 2. The van der Waals surface area contributed by atoms with Crippen LogP contribution in [0.4, 0.5) is 4.79 Å². The van der Waals surface area contributed by atoms with Gasteiger partial charge in [-0.2, -0.15) is 0 Å². The molecule has 1 heterocycles. The summed E-state index contributed by atoms with van der Waals surface area (Å²) in [5, 5.41) is 0.783. The van der Waals surface area contributed by atoms with Crippen LogP contribution in [0.3, 0.4) is 0 Å². The Morgan fingerprint density at radius 2 is 1.80 bits per heavy atom. The van der Waals surface area contributed by atoms with Gasteiger partial charge in [-0.25, -0.2) is 0 Å². The van der Waals surface area contributed by atoms with E-state index in [0.29, 0.717) is 20.7 Å². The van der Waals surface area contributed by atoms with Gasteiger partial charge in [0.05, 0.1) is 11.4 Å². The molecule has 0 unspecified atom stereocenters. The molecule has 3 aromatic rings. The predicted octanol–water partition coefficient (Wildman–Crippen LogP) is 7.30. The maximum absolute atomic E-state index is 12.8. The molecule has 0 bridgehead atoms. The molecule has 4 rings (SSSR count). The fraction of sp³-hybridized carbons (Fsp3) is 0.185. The van der Waals surface area contributed by atoms with E-state index >= 15 is 0 Å². The molecule has 0 spiro atoms. The third kappa shape index (κ3) is 6.40. The van der Waals surface area contributed by atoms with Gasteiger partial charge in [-0.3, -0.25) is 14.5 Å². The summed E-state index contributed by atoms with van der Waals surface area (Å²) in [6, 6.07) is 18.5. The molecule has 0 radical (unpaired) electrons. The number of aryl methyl sites for hydroxylation is 2. The second-order valence-corrected chi connectivity index (χ2v) is 9.88. The summed E-state index contributed by atoms with van der Waals surface area (Å²) < 4.78 is 11.7. The molecule has 0 aliphatic carbocycles. The SMILES string of the molecule is Cc1ccc(C)c(OCCN2C(=O)S/C(=C\c3cccc(OCc4ccc(Cl)cc4Cl)c3)C2=O)c1. The van der Waals surface area contributed by atoms with Crippen LogP contribution in [-0.4, -0.2) is 29.2 Å². The zero-order valence-electron chi connectivity index (χ0n) is 19.2. The Bertz CT molecular complexity index is 1310. The Balaban J connectivity index is 1.38. The zero-order chi connectivity index (χ0) is 24.9. The molecule has 1 aliphatic rings. The highest BCUT2D eigenvalue weighted by atomic mass is 35.5. The van der Waals surface area contributed by atoms with Crippen molar-refractivity contribution in [1.82, 2.24) is 4.90 Å². The van der Waals surface area contributed by atoms with Crippen molar-refractivity contribution in [3.05, 3.63) is 97.9 Å². The number of rotatable bonds is 8. The molecule has 0 N–H and O–H groups in total. The largest absolute Gasteiger partial charge is 0.491 e. The minimum absolute atomic E-state index is 0.181. The number of thioether (sulfide) groups is 1. The van der Waals surface area contributed by atoms with E-state index in [1.165, 1.54) is 4.90 Å². The molecule has 3 aromatic carbocycles. The minimum Gasteiger partial charge on any atom is -0.491 e. The van der Waals surface area contributed by atoms with Crippen LogP contribution in [-0.2, 0) is 11.4 Å².